The molecule has 0 bridgehead atoms. The van der Waals surface area contributed by atoms with Gasteiger partial charge in [-0.2, -0.15) is 0 Å². The van der Waals surface area contributed by atoms with Crippen LogP contribution in [0.25, 0.3) is 10.8 Å². The lowest BCUT2D eigenvalue weighted by Crippen LogP contribution is -1.95. The van der Waals surface area contributed by atoms with Crippen molar-refractivity contribution in [2.75, 3.05) is 0 Å². The zero-order chi connectivity index (χ0) is 13.9. The molecule has 2 heteroatoms. The van der Waals surface area contributed by atoms with Crippen molar-refractivity contribution < 1.29 is 0 Å². The van der Waals surface area contributed by atoms with Crippen LogP contribution in [0.1, 0.15) is 16.0 Å². The van der Waals surface area contributed by atoms with E-state index in [1.165, 1.54) is 25.5 Å². The van der Waals surface area contributed by atoms with Crippen LogP contribution >= 0.6 is 38.5 Å². The van der Waals surface area contributed by atoms with Crippen molar-refractivity contribution in [3.63, 3.8) is 0 Å². The third-order valence-corrected chi connectivity index (χ3v) is 5.03. The van der Waals surface area contributed by atoms with Gasteiger partial charge in [-0.3, -0.25) is 0 Å². The van der Waals surface area contributed by atoms with Crippen LogP contribution in [0.5, 0.6) is 0 Å². The fourth-order valence-electron chi connectivity index (χ4n) is 2.36. The SMILES string of the molecule is BrC(Cc1ccc2ccccc2c1)c1ccc(I)cc1. The summed E-state index contributed by atoms with van der Waals surface area (Å²) in [6.07, 6.45) is 1.01. The van der Waals surface area contributed by atoms with Gasteiger partial charge in [0.15, 0.2) is 0 Å². The second-order valence-corrected chi connectivity index (χ2v) is 7.26. The molecule has 1 unspecified atom stereocenters. The van der Waals surface area contributed by atoms with Gasteiger partial charge in [-0.05, 0) is 63.0 Å². The fraction of sp³-hybridized carbons (Fsp3) is 0.111. The van der Waals surface area contributed by atoms with Crippen molar-refractivity contribution in [2.24, 2.45) is 0 Å². The van der Waals surface area contributed by atoms with Gasteiger partial charge in [0.25, 0.3) is 0 Å². The van der Waals surface area contributed by atoms with Crippen molar-refractivity contribution in [1.82, 2.24) is 0 Å². The molecule has 0 radical (unpaired) electrons. The van der Waals surface area contributed by atoms with Crippen LogP contribution in [0, 0.1) is 3.57 Å². The van der Waals surface area contributed by atoms with Gasteiger partial charge in [0.1, 0.15) is 0 Å². The Labute approximate surface area is 141 Å². The quantitative estimate of drug-likeness (QED) is 0.342. The van der Waals surface area contributed by atoms with Crippen molar-refractivity contribution in [1.29, 1.82) is 0 Å². The van der Waals surface area contributed by atoms with Gasteiger partial charge < -0.3 is 0 Å². The molecule has 0 amide bonds. The lowest BCUT2D eigenvalue weighted by molar-refractivity contribution is 0.950. The summed E-state index contributed by atoms with van der Waals surface area (Å²) in [4.78, 5) is 0.362. The third-order valence-electron chi connectivity index (χ3n) is 3.46. The minimum absolute atomic E-state index is 0.362. The Morgan fingerprint density at radius 1 is 0.850 bits per heavy atom. The summed E-state index contributed by atoms with van der Waals surface area (Å²) in [7, 11) is 0. The van der Waals surface area contributed by atoms with Crippen LogP contribution in [0.4, 0.5) is 0 Å². The first kappa shape index (κ1) is 14.1. The first-order chi connectivity index (χ1) is 9.72. The molecular formula is C18H14BrI. The number of hydrogen-bond donors (Lipinski definition) is 0. The Bertz CT molecular complexity index is 719. The maximum absolute atomic E-state index is 3.81. The first-order valence-corrected chi connectivity index (χ1v) is 8.59. The van der Waals surface area contributed by atoms with Gasteiger partial charge in [0, 0.05) is 8.40 Å². The molecule has 3 rings (SSSR count). The number of halogens is 2. The molecule has 100 valence electrons. The average Bonchev–Trinajstić information content (AvgIpc) is 2.48. The Hall–Kier alpha value is -0.870. The van der Waals surface area contributed by atoms with Crippen molar-refractivity contribution >= 4 is 49.3 Å². The van der Waals surface area contributed by atoms with Crippen LogP contribution < -0.4 is 0 Å². The maximum Gasteiger partial charge on any atom is 0.0435 e. The predicted octanol–water partition coefficient (Wildman–Crippen LogP) is 6.12. The van der Waals surface area contributed by atoms with Crippen LogP contribution in [0.2, 0.25) is 0 Å². The summed E-state index contributed by atoms with van der Waals surface area (Å²) in [5, 5.41) is 2.61. The van der Waals surface area contributed by atoms with Crippen molar-refractivity contribution in [3.8, 4) is 0 Å². The van der Waals surface area contributed by atoms with E-state index in [2.05, 4.69) is 105 Å². The molecule has 20 heavy (non-hydrogen) atoms. The summed E-state index contributed by atoms with van der Waals surface area (Å²) < 4.78 is 1.27. The molecule has 0 saturated heterocycles. The summed E-state index contributed by atoms with van der Waals surface area (Å²) in [6.45, 7) is 0. The Morgan fingerprint density at radius 2 is 1.55 bits per heavy atom. The second-order valence-electron chi connectivity index (χ2n) is 4.90. The van der Waals surface area contributed by atoms with E-state index in [4.69, 9.17) is 0 Å². The molecule has 3 aromatic rings. The molecule has 0 spiro atoms. The number of fused-ring (bicyclic) bond motifs is 1. The number of alkyl halides is 1. The number of benzene rings is 3. The first-order valence-electron chi connectivity index (χ1n) is 6.59. The van der Waals surface area contributed by atoms with Gasteiger partial charge in [0.05, 0.1) is 0 Å². The lowest BCUT2D eigenvalue weighted by atomic mass is 10.0. The van der Waals surface area contributed by atoms with Gasteiger partial charge in [-0.15, -0.1) is 0 Å². The molecule has 0 aliphatic heterocycles. The van der Waals surface area contributed by atoms with E-state index in [9.17, 15) is 0 Å². The highest BCUT2D eigenvalue weighted by atomic mass is 127. The number of hydrogen-bond acceptors (Lipinski definition) is 0. The summed E-state index contributed by atoms with van der Waals surface area (Å²) in [5.74, 6) is 0. The maximum atomic E-state index is 3.81. The standard InChI is InChI=1S/C18H14BrI/c19-18(15-7-9-17(20)10-8-15)12-13-5-6-14-3-1-2-4-16(14)11-13/h1-11,18H,12H2. The topological polar surface area (TPSA) is 0 Å². The monoisotopic (exact) mass is 436 g/mol. The van der Waals surface area contributed by atoms with Crippen molar-refractivity contribution in [2.45, 2.75) is 11.2 Å². The van der Waals surface area contributed by atoms with E-state index in [0.717, 1.165) is 6.42 Å². The smallest absolute Gasteiger partial charge is 0.0435 e. The second kappa shape index (κ2) is 6.27. The molecule has 0 aliphatic rings. The van der Waals surface area contributed by atoms with Crippen LogP contribution in [0.15, 0.2) is 66.7 Å². The molecule has 0 nitrogen and oxygen atoms in total. The summed E-state index contributed by atoms with van der Waals surface area (Å²) in [5.41, 5.74) is 2.70. The fourth-order valence-corrected chi connectivity index (χ4v) is 3.40. The zero-order valence-electron chi connectivity index (χ0n) is 10.9. The molecule has 0 fully saturated rings. The zero-order valence-corrected chi connectivity index (χ0v) is 14.6. The van der Waals surface area contributed by atoms with E-state index < -0.39 is 0 Å². The van der Waals surface area contributed by atoms with E-state index in [0.29, 0.717) is 4.83 Å². The minimum Gasteiger partial charge on any atom is -0.0835 e. The van der Waals surface area contributed by atoms with Gasteiger partial charge in [-0.1, -0.05) is 70.5 Å². The normalized spacial score (nSPS) is 12.5. The Morgan fingerprint density at radius 3 is 2.30 bits per heavy atom. The largest absolute Gasteiger partial charge is 0.0835 e. The molecule has 0 N–H and O–H groups in total. The van der Waals surface area contributed by atoms with Crippen LogP contribution in [-0.2, 0) is 6.42 Å². The van der Waals surface area contributed by atoms with Gasteiger partial charge in [-0.25, -0.2) is 0 Å². The van der Waals surface area contributed by atoms with Gasteiger partial charge in [0.2, 0.25) is 0 Å². The summed E-state index contributed by atoms with van der Waals surface area (Å²) in [6, 6.07) is 23.9. The Balaban J connectivity index is 1.83. The Kier molecular flexibility index (Phi) is 4.41. The molecule has 0 aliphatic carbocycles. The average molecular weight is 437 g/mol. The third kappa shape index (κ3) is 3.23. The molecule has 0 aromatic heterocycles. The highest BCUT2D eigenvalue weighted by molar-refractivity contribution is 14.1. The highest BCUT2D eigenvalue weighted by Crippen LogP contribution is 2.28. The molecule has 0 heterocycles. The predicted molar refractivity (Wildman–Crippen MR) is 98.5 cm³/mol. The number of rotatable bonds is 3. The van der Waals surface area contributed by atoms with E-state index in [1.54, 1.807) is 0 Å². The summed E-state index contributed by atoms with van der Waals surface area (Å²) >= 11 is 6.15. The molecule has 0 saturated carbocycles. The molecule has 3 aromatic carbocycles. The van der Waals surface area contributed by atoms with Crippen LogP contribution in [0.3, 0.4) is 0 Å². The highest BCUT2D eigenvalue weighted by Gasteiger charge is 2.08. The van der Waals surface area contributed by atoms with E-state index >= 15 is 0 Å². The minimum atomic E-state index is 0.362. The lowest BCUT2D eigenvalue weighted by Gasteiger charge is -2.11. The van der Waals surface area contributed by atoms with E-state index in [-0.39, 0.29) is 0 Å². The van der Waals surface area contributed by atoms with Crippen LogP contribution in [-0.4, -0.2) is 0 Å². The molecule has 1 atom stereocenters. The van der Waals surface area contributed by atoms with Crippen molar-refractivity contribution in [3.05, 3.63) is 81.4 Å². The molecular weight excluding hydrogens is 423 g/mol. The van der Waals surface area contributed by atoms with Gasteiger partial charge >= 0.3 is 0 Å². The van der Waals surface area contributed by atoms with E-state index in [1.807, 2.05) is 0 Å².